The smallest absolute Gasteiger partial charge is 0.259 e. The molecule has 0 radical (unpaired) electrons. The summed E-state index contributed by atoms with van der Waals surface area (Å²) in [6.07, 6.45) is 2.55. The van der Waals surface area contributed by atoms with E-state index in [9.17, 15) is 4.79 Å². The number of amides is 1. The molecule has 0 saturated carbocycles. The van der Waals surface area contributed by atoms with Crippen molar-refractivity contribution < 1.29 is 23.7 Å². The fourth-order valence-electron chi connectivity index (χ4n) is 4.02. The molecule has 2 aromatic rings. The van der Waals surface area contributed by atoms with Gasteiger partial charge in [0, 0.05) is 19.4 Å². The van der Waals surface area contributed by atoms with E-state index in [1.165, 1.54) is 25.9 Å². The Morgan fingerprint density at radius 2 is 1.89 bits per heavy atom. The molecule has 0 atom stereocenters. The molecule has 3 heterocycles. The Kier molecular flexibility index (Phi) is 5.52. The van der Waals surface area contributed by atoms with Crippen LogP contribution in [0.5, 0.6) is 11.5 Å². The number of benzene rings is 1. The van der Waals surface area contributed by atoms with E-state index in [2.05, 4.69) is 5.16 Å². The molecule has 7 heteroatoms. The van der Waals surface area contributed by atoms with Crippen LogP contribution in [0.4, 0.5) is 0 Å². The molecule has 7 nitrogen and oxygen atoms in total. The molecule has 1 N–H and O–H groups in total. The van der Waals surface area contributed by atoms with Crippen molar-refractivity contribution >= 4 is 5.91 Å². The van der Waals surface area contributed by atoms with Crippen LogP contribution in [0.3, 0.4) is 0 Å². The number of nitrogens with one attached hydrogen (secondary N) is 1. The second-order valence-corrected chi connectivity index (χ2v) is 7.61. The van der Waals surface area contributed by atoms with Gasteiger partial charge in [-0.2, -0.15) is 0 Å². The highest BCUT2D eigenvalue weighted by atomic mass is 16.6. The van der Waals surface area contributed by atoms with Gasteiger partial charge in [-0.25, -0.2) is 0 Å². The Morgan fingerprint density at radius 1 is 1.14 bits per heavy atom. The summed E-state index contributed by atoms with van der Waals surface area (Å²) in [5, 5.41) is 3.96. The number of carbonyl (C=O) groups is 1. The van der Waals surface area contributed by atoms with E-state index in [1.807, 2.05) is 30.0 Å². The Bertz CT molecular complexity index is 823. The number of nitrogens with zero attached hydrogens (tertiary/aromatic N) is 2. The standard InChI is InChI=1S/C21H27N3O4/c1-15-20(16(2)28-22-15)21(25)24(10-9-23-7-3-4-8-23)14-17-5-6-18-19(13-17)27-12-11-26-18/h5-6,13H,3-4,7-12,14H2,1-2H3/p+1. The van der Waals surface area contributed by atoms with Crippen molar-refractivity contribution in [3.8, 4) is 11.5 Å². The minimum Gasteiger partial charge on any atom is -0.486 e. The molecular formula is C21H28N3O4+. The van der Waals surface area contributed by atoms with Gasteiger partial charge in [-0.3, -0.25) is 4.79 Å². The van der Waals surface area contributed by atoms with Gasteiger partial charge in [-0.05, 0) is 31.5 Å². The van der Waals surface area contributed by atoms with Crippen LogP contribution < -0.4 is 14.4 Å². The van der Waals surface area contributed by atoms with Crippen LogP contribution in [0.25, 0.3) is 0 Å². The molecule has 0 spiro atoms. The molecule has 1 fully saturated rings. The molecule has 4 rings (SSSR count). The molecule has 150 valence electrons. The molecular weight excluding hydrogens is 358 g/mol. The number of ether oxygens (including phenoxy) is 2. The fraction of sp³-hybridized carbons (Fsp3) is 0.524. The number of fused-ring (bicyclic) bond motifs is 1. The average Bonchev–Trinajstić information content (AvgIpc) is 3.34. The minimum absolute atomic E-state index is 0.0234. The summed E-state index contributed by atoms with van der Waals surface area (Å²) in [6, 6.07) is 5.91. The van der Waals surface area contributed by atoms with Crippen molar-refractivity contribution in [3.05, 3.63) is 40.8 Å². The Balaban J connectivity index is 1.54. The third-order valence-electron chi connectivity index (χ3n) is 5.56. The maximum Gasteiger partial charge on any atom is 0.259 e. The summed E-state index contributed by atoms with van der Waals surface area (Å²) in [4.78, 5) is 16.8. The van der Waals surface area contributed by atoms with Crippen LogP contribution in [0.15, 0.2) is 22.7 Å². The number of hydrogen-bond acceptors (Lipinski definition) is 5. The molecule has 2 aliphatic rings. The van der Waals surface area contributed by atoms with Crippen LogP contribution in [-0.4, -0.2) is 55.4 Å². The van der Waals surface area contributed by atoms with Crippen molar-refractivity contribution in [2.45, 2.75) is 33.2 Å². The van der Waals surface area contributed by atoms with Crippen molar-refractivity contribution in [3.63, 3.8) is 0 Å². The third-order valence-corrected chi connectivity index (χ3v) is 5.56. The first kappa shape index (κ1) is 18.8. The van der Waals surface area contributed by atoms with Crippen molar-refractivity contribution in [1.82, 2.24) is 10.1 Å². The lowest BCUT2D eigenvalue weighted by atomic mass is 10.1. The largest absolute Gasteiger partial charge is 0.486 e. The molecule has 0 bridgehead atoms. The van der Waals surface area contributed by atoms with Gasteiger partial charge in [0.25, 0.3) is 5.91 Å². The predicted octanol–water partition coefficient (Wildman–Crippen LogP) is 1.38. The maximum atomic E-state index is 13.3. The molecule has 1 saturated heterocycles. The zero-order chi connectivity index (χ0) is 19.5. The number of rotatable bonds is 6. The van der Waals surface area contributed by atoms with E-state index < -0.39 is 0 Å². The highest BCUT2D eigenvalue weighted by Gasteiger charge is 2.26. The quantitative estimate of drug-likeness (QED) is 0.812. The zero-order valence-electron chi connectivity index (χ0n) is 16.6. The summed E-state index contributed by atoms with van der Waals surface area (Å²) in [7, 11) is 0. The second-order valence-electron chi connectivity index (χ2n) is 7.61. The van der Waals surface area contributed by atoms with Gasteiger partial charge in [-0.1, -0.05) is 11.2 Å². The van der Waals surface area contributed by atoms with Gasteiger partial charge in [0.15, 0.2) is 11.5 Å². The number of hydrogen-bond donors (Lipinski definition) is 1. The Morgan fingerprint density at radius 3 is 2.61 bits per heavy atom. The molecule has 1 aromatic heterocycles. The van der Waals surface area contributed by atoms with Gasteiger partial charge in [0.1, 0.15) is 24.5 Å². The van der Waals surface area contributed by atoms with Gasteiger partial charge >= 0.3 is 0 Å². The molecule has 0 unspecified atom stereocenters. The Hall–Kier alpha value is -2.54. The van der Waals surface area contributed by atoms with E-state index in [1.54, 1.807) is 11.8 Å². The summed E-state index contributed by atoms with van der Waals surface area (Å²) in [5.74, 6) is 2.06. The topological polar surface area (TPSA) is 69.2 Å². The number of carbonyl (C=O) groups excluding carboxylic acids is 1. The molecule has 2 aliphatic heterocycles. The lowest BCUT2D eigenvalue weighted by molar-refractivity contribution is -0.886. The fourth-order valence-corrected chi connectivity index (χ4v) is 4.02. The van der Waals surface area contributed by atoms with E-state index in [-0.39, 0.29) is 5.91 Å². The molecule has 1 aromatic carbocycles. The minimum atomic E-state index is -0.0234. The molecule has 28 heavy (non-hydrogen) atoms. The van der Waals surface area contributed by atoms with Crippen LogP contribution in [0.2, 0.25) is 0 Å². The summed E-state index contributed by atoms with van der Waals surface area (Å²) >= 11 is 0. The highest BCUT2D eigenvalue weighted by molar-refractivity contribution is 5.96. The molecule has 1 amide bonds. The third kappa shape index (κ3) is 3.99. The van der Waals surface area contributed by atoms with Gasteiger partial charge in [0.05, 0.1) is 31.9 Å². The molecule has 0 aliphatic carbocycles. The van der Waals surface area contributed by atoms with Crippen LogP contribution >= 0.6 is 0 Å². The first-order valence-electron chi connectivity index (χ1n) is 10.1. The maximum absolute atomic E-state index is 13.3. The average molecular weight is 386 g/mol. The van der Waals surface area contributed by atoms with Gasteiger partial charge in [0.2, 0.25) is 0 Å². The first-order valence-corrected chi connectivity index (χ1v) is 10.1. The van der Waals surface area contributed by atoms with E-state index in [0.717, 1.165) is 23.6 Å². The SMILES string of the molecule is Cc1noc(C)c1C(=O)N(CC[NH+]1CCCC1)Cc1ccc2c(c1)OCCO2. The van der Waals surface area contributed by atoms with E-state index >= 15 is 0 Å². The van der Waals surface area contributed by atoms with E-state index in [4.69, 9.17) is 14.0 Å². The first-order chi connectivity index (χ1) is 13.6. The second kappa shape index (κ2) is 8.22. The number of likely N-dealkylation sites (tertiary alicyclic amines) is 1. The van der Waals surface area contributed by atoms with Crippen LogP contribution in [-0.2, 0) is 6.54 Å². The zero-order valence-corrected chi connectivity index (χ0v) is 16.6. The van der Waals surface area contributed by atoms with Crippen molar-refractivity contribution in [1.29, 1.82) is 0 Å². The lowest BCUT2D eigenvalue weighted by Gasteiger charge is -2.25. The van der Waals surface area contributed by atoms with Crippen molar-refractivity contribution in [2.24, 2.45) is 0 Å². The predicted molar refractivity (Wildman–Crippen MR) is 103 cm³/mol. The van der Waals surface area contributed by atoms with Crippen LogP contribution in [0.1, 0.15) is 40.2 Å². The van der Waals surface area contributed by atoms with Crippen LogP contribution in [0, 0.1) is 13.8 Å². The summed E-state index contributed by atoms with van der Waals surface area (Å²) in [5.41, 5.74) is 2.25. The lowest BCUT2D eigenvalue weighted by Crippen LogP contribution is -3.10. The van der Waals surface area contributed by atoms with E-state index in [0.29, 0.717) is 43.3 Å². The normalized spacial score (nSPS) is 16.4. The number of aromatic nitrogens is 1. The Labute approximate surface area is 165 Å². The number of quaternary nitrogens is 1. The van der Waals surface area contributed by atoms with Gasteiger partial charge < -0.3 is 23.8 Å². The monoisotopic (exact) mass is 386 g/mol. The summed E-state index contributed by atoms with van der Waals surface area (Å²) < 4.78 is 16.5. The highest BCUT2D eigenvalue weighted by Crippen LogP contribution is 2.31. The van der Waals surface area contributed by atoms with Gasteiger partial charge in [-0.15, -0.1) is 0 Å². The van der Waals surface area contributed by atoms with Crippen molar-refractivity contribution in [2.75, 3.05) is 39.4 Å². The summed E-state index contributed by atoms with van der Waals surface area (Å²) in [6.45, 7) is 9.30. The number of aryl methyl sites for hydroxylation is 2.